The minimum absolute atomic E-state index is 0. The van der Waals surface area contributed by atoms with E-state index in [9.17, 15) is 4.79 Å². The van der Waals surface area contributed by atoms with E-state index in [-0.39, 0.29) is 18.3 Å². The van der Waals surface area contributed by atoms with Crippen LogP contribution in [-0.2, 0) is 11.2 Å². The Morgan fingerprint density at radius 1 is 1.22 bits per heavy atom. The Labute approximate surface area is 145 Å². The summed E-state index contributed by atoms with van der Waals surface area (Å²) in [5.74, 6) is 2.02. The van der Waals surface area contributed by atoms with E-state index >= 15 is 0 Å². The van der Waals surface area contributed by atoms with Crippen molar-refractivity contribution >= 4 is 18.3 Å². The lowest BCUT2D eigenvalue weighted by atomic mass is 10.1. The summed E-state index contributed by atoms with van der Waals surface area (Å²) in [4.78, 5) is 14.1. The zero-order valence-electron chi connectivity index (χ0n) is 14.7. The van der Waals surface area contributed by atoms with Crippen LogP contribution in [0.5, 0.6) is 11.5 Å². The van der Waals surface area contributed by atoms with Crippen LogP contribution in [0.15, 0.2) is 18.2 Å². The molecule has 0 aliphatic heterocycles. The molecule has 0 aliphatic carbocycles. The third kappa shape index (κ3) is 7.10. The topological polar surface area (TPSA) is 50.8 Å². The normalized spacial score (nSPS) is 10.2. The Kier molecular flexibility index (Phi) is 10.4. The van der Waals surface area contributed by atoms with E-state index in [2.05, 4.69) is 19.2 Å². The van der Waals surface area contributed by atoms with Gasteiger partial charge in [-0.15, -0.1) is 12.4 Å². The van der Waals surface area contributed by atoms with E-state index in [0.29, 0.717) is 19.0 Å². The van der Waals surface area contributed by atoms with E-state index in [0.717, 1.165) is 30.0 Å². The smallest absolute Gasteiger partial charge is 0.236 e. The predicted molar refractivity (Wildman–Crippen MR) is 95.8 cm³/mol. The van der Waals surface area contributed by atoms with Crippen LogP contribution in [0, 0.1) is 5.92 Å². The molecule has 132 valence electrons. The number of likely N-dealkylation sites (N-methyl/N-ethyl adjacent to an activating group) is 1. The highest BCUT2D eigenvalue weighted by Gasteiger charge is 2.14. The Hall–Kier alpha value is -1.46. The highest BCUT2D eigenvalue weighted by molar-refractivity contribution is 5.85. The molecule has 0 unspecified atom stereocenters. The van der Waals surface area contributed by atoms with Crippen LogP contribution < -0.4 is 14.8 Å². The fourth-order valence-corrected chi connectivity index (χ4v) is 2.32. The standard InChI is InChI=1S/C17H28N2O3.ClH/c1-13(2)12-19(17(20)11-18-3)9-8-14-6-7-15(21-4)16(10-14)22-5;/h6-7,10,13,18H,8-9,11-12H2,1-5H3;1H. The summed E-state index contributed by atoms with van der Waals surface area (Å²) in [6, 6.07) is 5.88. The molecule has 0 aliphatic rings. The quantitative estimate of drug-likeness (QED) is 0.747. The number of nitrogens with one attached hydrogen (secondary N) is 1. The number of carbonyl (C=O) groups excluding carboxylic acids is 1. The number of amides is 1. The van der Waals surface area contributed by atoms with Gasteiger partial charge in [0.1, 0.15) is 0 Å². The summed E-state index contributed by atoms with van der Waals surface area (Å²) in [5.41, 5.74) is 1.13. The molecule has 0 atom stereocenters. The number of hydrogen-bond donors (Lipinski definition) is 1. The van der Waals surface area contributed by atoms with Gasteiger partial charge in [0.05, 0.1) is 20.8 Å². The molecule has 0 fully saturated rings. The fourth-order valence-electron chi connectivity index (χ4n) is 2.32. The van der Waals surface area contributed by atoms with Crippen molar-refractivity contribution in [2.45, 2.75) is 20.3 Å². The van der Waals surface area contributed by atoms with Crippen molar-refractivity contribution in [1.82, 2.24) is 10.2 Å². The number of hydrogen-bond acceptors (Lipinski definition) is 4. The highest BCUT2D eigenvalue weighted by Crippen LogP contribution is 2.27. The zero-order valence-corrected chi connectivity index (χ0v) is 15.5. The second kappa shape index (κ2) is 11.1. The summed E-state index contributed by atoms with van der Waals surface area (Å²) in [7, 11) is 5.04. The average Bonchev–Trinajstić information content (AvgIpc) is 2.50. The summed E-state index contributed by atoms with van der Waals surface area (Å²) in [6.07, 6.45) is 0.794. The van der Waals surface area contributed by atoms with Gasteiger partial charge in [-0.25, -0.2) is 0 Å². The van der Waals surface area contributed by atoms with Gasteiger partial charge in [-0.3, -0.25) is 4.79 Å². The second-order valence-corrected chi connectivity index (χ2v) is 5.70. The molecular weight excluding hydrogens is 316 g/mol. The molecule has 0 aromatic heterocycles. The largest absolute Gasteiger partial charge is 0.493 e. The lowest BCUT2D eigenvalue weighted by Gasteiger charge is -2.24. The predicted octanol–water partition coefficient (Wildman–Crippen LogP) is 2.37. The van der Waals surface area contributed by atoms with Crippen molar-refractivity contribution in [3.05, 3.63) is 23.8 Å². The van der Waals surface area contributed by atoms with Crippen LogP contribution in [-0.4, -0.2) is 51.7 Å². The van der Waals surface area contributed by atoms with Crippen LogP contribution in [0.1, 0.15) is 19.4 Å². The van der Waals surface area contributed by atoms with Crippen LogP contribution in [0.25, 0.3) is 0 Å². The third-order valence-corrected chi connectivity index (χ3v) is 3.38. The molecule has 23 heavy (non-hydrogen) atoms. The van der Waals surface area contributed by atoms with E-state index in [1.165, 1.54) is 0 Å². The molecule has 6 heteroatoms. The fraction of sp³-hybridized carbons (Fsp3) is 0.588. The number of benzene rings is 1. The molecule has 1 aromatic carbocycles. The SMILES string of the molecule is CNCC(=O)N(CCc1ccc(OC)c(OC)c1)CC(C)C.Cl. The Bertz CT molecular complexity index is 481. The van der Waals surface area contributed by atoms with Gasteiger partial charge in [-0.2, -0.15) is 0 Å². The maximum absolute atomic E-state index is 12.1. The van der Waals surface area contributed by atoms with Gasteiger partial charge in [-0.1, -0.05) is 19.9 Å². The van der Waals surface area contributed by atoms with E-state index in [1.807, 2.05) is 23.1 Å². The van der Waals surface area contributed by atoms with Crippen LogP contribution >= 0.6 is 12.4 Å². The minimum Gasteiger partial charge on any atom is -0.493 e. The number of rotatable bonds is 9. The van der Waals surface area contributed by atoms with Gasteiger partial charge >= 0.3 is 0 Å². The van der Waals surface area contributed by atoms with Gasteiger partial charge in [0.2, 0.25) is 5.91 Å². The maximum atomic E-state index is 12.1. The lowest BCUT2D eigenvalue weighted by Crippen LogP contribution is -2.40. The molecule has 1 rings (SSSR count). The second-order valence-electron chi connectivity index (χ2n) is 5.70. The molecule has 0 radical (unpaired) electrons. The first-order chi connectivity index (χ1) is 10.5. The summed E-state index contributed by atoms with van der Waals surface area (Å²) < 4.78 is 10.6. The molecule has 1 amide bonds. The summed E-state index contributed by atoms with van der Waals surface area (Å²) in [5, 5.41) is 2.92. The first kappa shape index (κ1) is 21.5. The highest BCUT2D eigenvalue weighted by atomic mass is 35.5. The van der Waals surface area contributed by atoms with Gasteiger partial charge < -0.3 is 19.7 Å². The number of ether oxygens (including phenoxy) is 2. The van der Waals surface area contributed by atoms with Crippen LogP contribution in [0.2, 0.25) is 0 Å². The van der Waals surface area contributed by atoms with Crippen molar-refractivity contribution < 1.29 is 14.3 Å². The van der Waals surface area contributed by atoms with Crippen LogP contribution in [0.4, 0.5) is 0 Å². The Morgan fingerprint density at radius 2 is 1.87 bits per heavy atom. The van der Waals surface area contributed by atoms with Gasteiger partial charge in [-0.05, 0) is 37.1 Å². The number of methoxy groups -OCH3 is 2. The Balaban J connectivity index is 0.00000484. The Morgan fingerprint density at radius 3 is 2.39 bits per heavy atom. The first-order valence-electron chi connectivity index (χ1n) is 7.65. The molecule has 0 saturated carbocycles. The van der Waals surface area contributed by atoms with E-state index < -0.39 is 0 Å². The average molecular weight is 345 g/mol. The number of nitrogens with zero attached hydrogens (tertiary/aromatic N) is 1. The molecule has 0 saturated heterocycles. The monoisotopic (exact) mass is 344 g/mol. The van der Waals surface area contributed by atoms with Crippen molar-refractivity contribution in [1.29, 1.82) is 0 Å². The van der Waals surface area contributed by atoms with Crippen LogP contribution in [0.3, 0.4) is 0 Å². The van der Waals surface area contributed by atoms with Gasteiger partial charge in [0, 0.05) is 13.1 Å². The zero-order chi connectivity index (χ0) is 16.5. The molecular formula is C17H29ClN2O3. The molecule has 0 heterocycles. The third-order valence-electron chi connectivity index (χ3n) is 3.38. The van der Waals surface area contributed by atoms with Crippen molar-refractivity contribution in [3.63, 3.8) is 0 Å². The van der Waals surface area contributed by atoms with Crippen molar-refractivity contribution in [2.75, 3.05) is 40.9 Å². The van der Waals surface area contributed by atoms with E-state index in [4.69, 9.17) is 9.47 Å². The van der Waals surface area contributed by atoms with Crippen molar-refractivity contribution in [3.8, 4) is 11.5 Å². The number of halogens is 1. The molecule has 0 bridgehead atoms. The van der Waals surface area contributed by atoms with Gasteiger partial charge in [0.15, 0.2) is 11.5 Å². The van der Waals surface area contributed by atoms with E-state index in [1.54, 1.807) is 21.3 Å². The molecule has 1 aromatic rings. The van der Waals surface area contributed by atoms with Gasteiger partial charge in [0.25, 0.3) is 0 Å². The van der Waals surface area contributed by atoms with Crippen molar-refractivity contribution in [2.24, 2.45) is 5.92 Å². The minimum atomic E-state index is 0. The molecule has 0 spiro atoms. The summed E-state index contributed by atoms with van der Waals surface area (Å²) >= 11 is 0. The molecule has 1 N–H and O–H groups in total. The number of carbonyl (C=O) groups is 1. The summed E-state index contributed by atoms with van der Waals surface area (Å²) in [6.45, 7) is 6.09. The lowest BCUT2D eigenvalue weighted by molar-refractivity contribution is -0.130. The maximum Gasteiger partial charge on any atom is 0.236 e. The molecule has 5 nitrogen and oxygen atoms in total. The first-order valence-corrected chi connectivity index (χ1v) is 7.65.